The quantitative estimate of drug-likeness (QED) is 0.616. The zero-order valence-electron chi connectivity index (χ0n) is 7.66. The van der Waals surface area contributed by atoms with Gasteiger partial charge in [0.1, 0.15) is 0 Å². The predicted octanol–water partition coefficient (Wildman–Crippen LogP) is 1.47. The molecule has 0 spiro atoms. The fourth-order valence-corrected chi connectivity index (χ4v) is 1.97. The van der Waals surface area contributed by atoms with E-state index < -0.39 is 0 Å². The fraction of sp³-hybridized carbons (Fsp3) is 0.800. The molecule has 2 heteroatoms. The van der Waals surface area contributed by atoms with E-state index in [4.69, 9.17) is 0 Å². The minimum Gasteiger partial charge on any atom is -0.392 e. The smallest absolute Gasteiger partial charge is 0.0621 e. The highest BCUT2D eigenvalue weighted by atomic mass is 16.3. The number of hydrogen-bond acceptors (Lipinski definition) is 2. The summed E-state index contributed by atoms with van der Waals surface area (Å²) in [5, 5.41) is 19.4. The van der Waals surface area contributed by atoms with Crippen molar-refractivity contribution in [2.24, 2.45) is 5.41 Å². The van der Waals surface area contributed by atoms with Crippen LogP contribution in [-0.2, 0) is 0 Å². The summed E-state index contributed by atoms with van der Waals surface area (Å²) in [6.45, 7) is 5.58. The van der Waals surface area contributed by atoms with Gasteiger partial charge in [0.2, 0.25) is 0 Å². The Labute approximate surface area is 73.9 Å². The van der Waals surface area contributed by atoms with E-state index in [-0.39, 0.29) is 17.6 Å². The molecule has 0 saturated heterocycles. The summed E-state index contributed by atoms with van der Waals surface area (Å²) in [7, 11) is 0. The molecular formula is C10H18O2. The molecule has 0 aromatic carbocycles. The molecule has 1 saturated carbocycles. The first-order chi connectivity index (χ1) is 5.61. The van der Waals surface area contributed by atoms with E-state index in [0.717, 1.165) is 19.3 Å². The lowest BCUT2D eigenvalue weighted by Gasteiger charge is -2.42. The maximum atomic E-state index is 9.72. The number of hydrogen-bond donors (Lipinski definition) is 2. The van der Waals surface area contributed by atoms with Crippen LogP contribution < -0.4 is 0 Å². The molecule has 0 amide bonds. The van der Waals surface area contributed by atoms with Gasteiger partial charge in [-0.2, -0.15) is 0 Å². The fourth-order valence-electron chi connectivity index (χ4n) is 1.97. The monoisotopic (exact) mass is 170 g/mol. The number of allylic oxidation sites excluding steroid dienone is 1. The molecule has 0 aromatic heterocycles. The lowest BCUT2D eigenvalue weighted by Crippen LogP contribution is -2.45. The van der Waals surface area contributed by atoms with Gasteiger partial charge in [-0.05, 0) is 25.7 Å². The summed E-state index contributed by atoms with van der Waals surface area (Å²) in [6, 6.07) is 0. The molecule has 0 radical (unpaired) electrons. The molecule has 70 valence electrons. The third kappa shape index (κ3) is 1.54. The van der Waals surface area contributed by atoms with Crippen molar-refractivity contribution >= 4 is 0 Å². The van der Waals surface area contributed by atoms with Gasteiger partial charge >= 0.3 is 0 Å². The summed E-state index contributed by atoms with van der Waals surface area (Å²) in [5.41, 5.74) is -0.361. The Hall–Kier alpha value is -0.340. The van der Waals surface area contributed by atoms with E-state index in [9.17, 15) is 10.2 Å². The van der Waals surface area contributed by atoms with Gasteiger partial charge < -0.3 is 10.2 Å². The Kier molecular flexibility index (Phi) is 2.91. The van der Waals surface area contributed by atoms with E-state index in [2.05, 4.69) is 6.58 Å². The third-order valence-corrected chi connectivity index (χ3v) is 3.06. The van der Waals surface area contributed by atoms with Crippen molar-refractivity contribution in [2.75, 3.05) is 0 Å². The van der Waals surface area contributed by atoms with Crippen LogP contribution in [0.5, 0.6) is 0 Å². The molecule has 0 aromatic rings. The number of rotatable bonds is 2. The normalized spacial score (nSPS) is 42.6. The average Bonchev–Trinajstić information content (AvgIpc) is 2.02. The van der Waals surface area contributed by atoms with Gasteiger partial charge in [-0.3, -0.25) is 0 Å². The molecule has 1 aliphatic rings. The van der Waals surface area contributed by atoms with Crippen LogP contribution in [0.4, 0.5) is 0 Å². The van der Waals surface area contributed by atoms with Crippen molar-refractivity contribution < 1.29 is 10.2 Å². The lowest BCUT2D eigenvalue weighted by atomic mass is 9.69. The largest absolute Gasteiger partial charge is 0.392 e. The Bertz CT molecular complexity index is 155. The second-order valence-electron chi connectivity index (χ2n) is 3.96. The van der Waals surface area contributed by atoms with E-state index in [1.807, 2.05) is 6.92 Å². The van der Waals surface area contributed by atoms with Crippen molar-refractivity contribution in [3.05, 3.63) is 12.7 Å². The zero-order chi connectivity index (χ0) is 9.19. The predicted molar refractivity (Wildman–Crippen MR) is 48.8 cm³/mol. The van der Waals surface area contributed by atoms with Gasteiger partial charge in [-0.1, -0.05) is 13.0 Å². The van der Waals surface area contributed by atoms with Crippen LogP contribution in [0.1, 0.15) is 32.6 Å². The van der Waals surface area contributed by atoms with E-state index in [1.54, 1.807) is 6.08 Å². The summed E-state index contributed by atoms with van der Waals surface area (Å²) in [6.07, 6.45) is 4.25. The van der Waals surface area contributed by atoms with Crippen LogP contribution in [0.15, 0.2) is 12.7 Å². The van der Waals surface area contributed by atoms with Gasteiger partial charge in [0, 0.05) is 5.41 Å². The Morgan fingerprint density at radius 3 is 2.33 bits per heavy atom. The van der Waals surface area contributed by atoms with E-state index in [1.165, 1.54) is 0 Å². The van der Waals surface area contributed by atoms with Gasteiger partial charge in [0.05, 0.1) is 12.2 Å². The SMILES string of the molecule is C=CCC1(C)C(O)CCCC1O. The van der Waals surface area contributed by atoms with Gasteiger partial charge in [0.15, 0.2) is 0 Å². The second-order valence-corrected chi connectivity index (χ2v) is 3.96. The molecule has 2 N–H and O–H groups in total. The van der Waals surface area contributed by atoms with Gasteiger partial charge in [-0.15, -0.1) is 6.58 Å². The molecule has 12 heavy (non-hydrogen) atoms. The average molecular weight is 170 g/mol. The van der Waals surface area contributed by atoms with Crippen molar-refractivity contribution in [1.82, 2.24) is 0 Å². The Morgan fingerprint density at radius 2 is 1.92 bits per heavy atom. The van der Waals surface area contributed by atoms with Crippen LogP contribution in [0.25, 0.3) is 0 Å². The molecule has 0 heterocycles. The van der Waals surface area contributed by atoms with Crippen LogP contribution in [0.2, 0.25) is 0 Å². The molecule has 2 atom stereocenters. The molecule has 2 unspecified atom stereocenters. The summed E-state index contributed by atoms with van der Waals surface area (Å²) >= 11 is 0. The van der Waals surface area contributed by atoms with Crippen LogP contribution in [0.3, 0.4) is 0 Å². The molecule has 0 bridgehead atoms. The summed E-state index contributed by atoms with van der Waals surface area (Å²) in [5.74, 6) is 0. The second kappa shape index (κ2) is 3.58. The first kappa shape index (κ1) is 9.75. The van der Waals surface area contributed by atoms with Crippen molar-refractivity contribution in [2.45, 2.75) is 44.8 Å². The Morgan fingerprint density at radius 1 is 1.42 bits per heavy atom. The summed E-state index contributed by atoms with van der Waals surface area (Å²) < 4.78 is 0. The first-order valence-electron chi connectivity index (χ1n) is 4.58. The molecule has 0 aliphatic heterocycles. The molecule has 1 rings (SSSR count). The van der Waals surface area contributed by atoms with Gasteiger partial charge in [0.25, 0.3) is 0 Å². The molecule has 2 nitrogen and oxygen atoms in total. The van der Waals surface area contributed by atoms with Crippen molar-refractivity contribution in [3.8, 4) is 0 Å². The van der Waals surface area contributed by atoms with E-state index in [0.29, 0.717) is 6.42 Å². The maximum absolute atomic E-state index is 9.72. The van der Waals surface area contributed by atoms with Crippen molar-refractivity contribution in [1.29, 1.82) is 0 Å². The minimum absolute atomic E-state index is 0.361. The highest BCUT2D eigenvalue weighted by Crippen LogP contribution is 2.39. The number of aliphatic hydroxyl groups is 2. The van der Waals surface area contributed by atoms with Crippen LogP contribution in [-0.4, -0.2) is 22.4 Å². The summed E-state index contributed by atoms with van der Waals surface area (Å²) in [4.78, 5) is 0. The highest BCUT2D eigenvalue weighted by Gasteiger charge is 2.41. The zero-order valence-corrected chi connectivity index (χ0v) is 7.66. The molecule has 1 fully saturated rings. The highest BCUT2D eigenvalue weighted by molar-refractivity contribution is 4.96. The Balaban J connectivity index is 2.72. The van der Waals surface area contributed by atoms with E-state index >= 15 is 0 Å². The number of aliphatic hydroxyl groups excluding tert-OH is 2. The van der Waals surface area contributed by atoms with Crippen LogP contribution >= 0.6 is 0 Å². The lowest BCUT2D eigenvalue weighted by molar-refractivity contribution is -0.0877. The van der Waals surface area contributed by atoms with Gasteiger partial charge in [-0.25, -0.2) is 0 Å². The molecular weight excluding hydrogens is 152 g/mol. The first-order valence-corrected chi connectivity index (χ1v) is 4.58. The topological polar surface area (TPSA) is 40.5 Å². The van der Waals surface area contributed by atoms with Crippen LogP contribution in [0, 0.1) is 5.41 Å². The minimum atomic E-state index is -0.376. The maximum Gasteiger partial charge on any atom is 0.0621 e. The standard InChI is InChI=1S/C10H18O2/c1-3-7-10(2)8(11)5-4-6-9(10)12/h3,8-9,11-12H,1,4-7H2,2H3. The van der Waals surface area contributed by atoms with Crippen molar-refractivity contribution in [3.63, 3.8) is 0 Å². The molecule has 1 aliphatic carbocycles. The third-order valence-electron chi connectivity index (χ3n) is 3.06.